The fourth-order valence-corrected chi connectivity index (χ4v) is 3.28. The quantitative estimate of drug-likeness (QED) is 0.434. The van der Waals surface area contributed by atoms with Gasteiger partial charge in [-0.15, -0.1) is 0 Å². The lowest BCUT2D eigenvalue weighted by Crippen LogP contribution is -2.25. The molecule has 0 N–H and O–H groups in total. The fraction of sp³-hybridized carbons (Fsp3) is 1.00. The molecule has 0 heterocycles. The molecular formula is C11H26N2S2. The van der Waals surface area contributed by atoms with Crippen molar-refractivity contribution in [2.75, 3.05) is 51.3 Å². The van der Waals surface area contributed by atoms with Crippen LogP contribution < -0.4 is 0 Å². The van der Waals surface area contributed by atoms with Gasteiger partial charge in [0.2, 0.25) is 0 Å². The third kappa shape index (κ3) is 9.54. The summed E-state index contributed by atoms with van der Waals surface area (Å²) in [5.41, 5.74) is 0. The van der Waals surface area contributed by atoms with Crippen LogP contribution in [-0.2, 0) is 0 Å². The molecular weight excluding hydrogens is 224 g/mol. The molecule has 0 aromatic carbocycles. The maximum atomic E-state index is 2.48. The molecule has 0 atom stereocenters. The smallest absolute Gasteiger partial charge is 0.0165 e. The summed E-state index contributed by atoms with van der Waals surface area (Å²) >= 11 is 0. The minimum absolute atomic E-state index is 1.16. The van der Waals surface area contributed by atoms with Crippen molar-refractivity contribution in [1.29, 1.82) is 0 Å². The van der Waals surface area contributed by atoms with Crippen LogP contribution in [0.2, 0.25) is 0 Å². The van der Waals surface area contributed by atoms with E-state index < -0.39 is 0 Å². The van der Waals surface area contributed by atoms with Crippen LogP contribution in [0.25, 0.3) is 0 Å². The van der Waals surface area contributed by atoms with Crippen molar-refractivity contribution in [1.82, 2.24) is 9.80 Å². The molecule has 0 aliphatic carbocycles. The molecule has 92 valence electrons. The summed E-state index contributed by atoms with van der Waals surface area (Å²) < 4.78 is 0. The van der Waals surface area contributed by atoms with E-state index >= 15 is 0 Å². The van der Waals surface area contributed by atoms with Crippen LogP contribution in [0.5, 0.6) is 0 Å². The molecule has 0 rings (SSSR count). The summed E-state index contributed by atoms with van der Waals surface area (Å²) in [6, 6.07) is 0. The zero-order chi connectivity index (χ0) is 11.5. The third-order valence-corrected chi connectivity index (χ3v) is 4.93. The summed E-state index contributed by atoms with van der Waals surface area (Å²) in [5.74, 6) is 2.50. The second kappa shape index (κ2) is 11.1. The van der Waals surface area contributed by atoms with Gasteiger partial charge in [-0.25, -0.2) is 0 Å². The average molecular weight is 250 g/mol. The van der Waals surface area contributed by atoms with Crippen molar-refractivity contribution in [2.24, 2.45) is 0 Å². The first-order valence-electron chi connectivity index (χ1n) is 5.89. The van der Waals surface area contributed by atoms with E-state index in [4.69, 9.17) is 0 Å². The molecule has 0 radical (unpaired) electrons. The highest BCUT2D eigenvalue weighted by Crippen LogP contribution is 2.20. The maximum absolute atomic E-state index is 2.48. The van der Waals surface area contributed by atoms with Gasteiger partial charge in [0.25, 0.3) is 0 Å². The predicted octanol–water partition coefficient (Wildman–Crippen LogP) is 2.66. The van der Waals surface area contributed by atoms with Crippen LogP contribution in [0.4, 0.5) is 0 Å². The Bertz CT molecular complexity index is 130. The highest BCUT2D eigenvalue weighted by molar-refractivity contribution is 8.76. The summed E-state index contributed by atoms with van der Waals surface area (Å²) in [6.07, 6.45) is 0. The number of hydrogen-bond donors (Lipinski definition) is 0. The van der Waals surface area contributed by atoms with Crippen LogP contribution in [0.15, 0.2) is 0 Å². The molecule has 15 heavy (non-hydrogen) atoms. The van der Waals surface area contributed by atoms with Gasteiger partial charge in [-0.05, 0) is 26.7 Å². The van der Waals surface area contributed by atoms with Crippen LogP contribution in [0.1, 0.15) is 20.8 Å². The van der Waals surface area contributed by atoms with E-state index in [0.717, 1.165) is 6.54 Å². The molecule has 0 spiro atoms. The van der Waals surface area contributed by atoms with Crippen molar-refractivity contribution >= 4 is 21.6 Å². The lowest BCUT2D eigenvalue weighted by molar-refractivity contribution is 0.324. The third-order valence-electron chi connectivity index (χ3n) is 2.56. The molecule has 0 fully saturated rings. The van der Waals surface area contributed by atoms with Crippen molar-refractivity contribution in [3.63, 3.8) is 0 Å². The molecule has 0 bridgehead atoms. The van der Waals surface area contributed by atoms with Crippen LogP contribution >= 0.6 is 21.6 Å². The Labute approximate surface area is 104 Å². The van der Waals surface area contributed by atoms with E-state index in [9.17, 15) is 0 Å². The largest absolute Gasteiger partial charge is 0.306 e. The summed E-state index contributed by atoms with van der Waals surface area (Å²) in [6.45, 7) is 12.6. The van der Waals surface area contributed by atoms with Crippen molar-refractivity contribution < 1.29 is 0 Å². The summed E-state index contributed by atoms with van der Waals surface area (Å²) in [5, 5.41) is 0. The zero-order valence-electron chi connectivity index (χ0n) is 10.7. The topological polar surface area (TPSA) is 6.48 Å². The Morgan fingerprint density at radius 1 is 0.800 bits per heavy atom. The lowest BCUT2D eigenvalue weighted by atomic mass is 10.5. The zero-order valence-corrected chi connectivity index (χ0v) is 12.3. The van der Waals surface area contributed by atoms with Crippen LogP contribution in [-0.4, -0.2) is 61.1 Å². The van der Waals surface area contributed by atoms with Gasteiger partial charge < -0.3 is 9.80 Å². The molecule has 0 aliphatic rings. The van der Waals surface area contributed by atoms with Crippen molar-refractivity contribution in [3.05, 3.63) is 0 Å². The second-order valence-corrected chi connectivity index (χ2v) is 6.27. The monoisotopic (exact) mass is 250 g/mol. The first kappa shape index (κ1) is 15.6. The van der Waals surface area contributed by atoms with Gasteiger partial charge in [0, 0.05) is 24.6 Å². The standard InChI is InChI=1S/C11H26N2S2/c1-5-12(4)8-10-14-15-11-9-13(6-2)7-3/h5-11H2,1-4H3. The molecule has 2 nitrogen and oxygen atoms in total. The highest BCUT2D eigenvalue weighted by Gasteiger charge is 1.99. The molecule has 0 amide bonds. The van der Waals surface area contributed by atoms with E-state index in [0.29, 0.717) is 0 Å². The van der Waals surface area contributed by atoms with Gasteiger partial charge in [-0.2, -0.15) is 0 Å². The average Bonchev–Trinajstić information content (AvgIpc) is 2.28. The molecule has 0 aromatic heterocycles. The lowest BCUT2D eigenvalue weighted by Gasteiger charge is -2.17. The normalized spacial score (nSPS) is 11.6. The SMILES string of the molecule is CCN(C)CCSSCCN(CC)CC. The van der Waals surface area contributed by atoms with E-state index in [1.165, 1.54) is 37.7 Å². The van der Waals surface area contributed by atoms with Gasteiger partial charge >= 0.3 is 0 Å². The number of nitrogens with zero attached hydrogens (tertiary/aromatic N) is 2. The summed E-state index contributed by atoms with van der Waals surface area (Å²) in [7, 11) is 6.20. The first-order valence-corrected chi connectivity index (χ1v) is 8.38. The molecule has 0 aliphatic heterocycles. The number of hydrogen-bond acceptors (Lipinski definition) is 4. The van der Waals surface area contributed by atoms with Crippen molar-refractivity contribution in [2.45, 2.75) is 20.8 Å². The molecule has 0 saturated carbocycles. The van der Waals surface area contributed by atoms with Gasteiger partial charge in [0.1, 0.15) is 0 Å². The highest BCUT2D eigenvalue weighted by atomic mass is 33.1. The van der Waals surface area contributed by atoms with E-state index in [1.54, 1.807) is 0 Å². The first-order chi connectivity index (χ1) is 7.24. The Morgan fingerprint density at radius 3 is 1.80 bits per heavy atom. The van der Waals surface area contributed by atoms with Gasteiger partial charge in [-0.1, -0.05) is 42.4 Å². The Morgan fingerprint density at radius 2 is 1.33 bits per heavy atom. The van der Waals surface area contributed by atoms with Crippen LogP contribution in [0.3, 0.4) is 0 Å². The van der Waals surface area contributed by atoms with Gasteiger partial charge in [0.05, 0.1) is 0 Å². The van der Waals surface area contributed by atoms with Crippen LogP contribution in [0, 0.1) is 0 Å². The summed E-state index contributed by atoms with van der Waals surface area (Å²) in [4.78, 5) is 4.84. The fourth-order valence-electron chi connectivity index (χ4n) is 1.18. The Hall–Kier alpha value is 0.620. The molecule has 0 saturated heterocycles. The molecule has 0 aromatic rings. The molecule has 0 unspecified atom stereocenters. The predicted molar refractivity (Wildman–Crippen MR) is 75.9 cm³/mol. The van der Waals surface area contributed by atoms with Crippen molar-refractivity contribution in [3.8, 4) is 0 Å². The Kier molecular flexibility index (Phi) is 11.6. The van der Waals surface area contributed by atoms with E-state index in [-0.39, 0.29) is 0 Å². The minimum Gasteiger partial charge on any atom is -0.306 e. The van der Waals surface area contributed by atoms with E-state index in [2.05, 4.69) is 37.6 Å². The van der Waals surface area contributed by atoms with Gasteiger partial charge in [0.15, 0.2) is 0 Å². The molecule has 4 heteroatoms. The Balaban J connectivity index is 3.17. The maximum Gasteiger partial charge on any atom is 0.0165 e. The minimum atomic E-state index is 1.16. The van der Waals surface area contributed by atoms with Gasteiger partial charge in [-0.3, -0.25) is 0 Å². The van der Waals surface area contributed by atoms with E-state index in [1.807, 2.05) is 21.6 Å². The number of rotatable bonds is 10. The second-order valence-electron chi connectivity index (χ2n) is 3.57.